The van der Waals surface area contributed by atoms with Crippen molar-refractivity contribution in [3.8, 4) is 0 Å². The number of nitrogens with one attached hydrogen (secondary N) is 1. The first-order valence-corrected chi connectivity index (χ1v) is 7.71. The van der Waals surface area contributed by atoms with Crippen molar-refractivity contribution in [2.24, 2.45) is 0 Å². The zero-order valence-electron chi connectivity index (χ0n) is 10.9. The lowest BCUT2D eigenvalue weighted by Gasteiger charge is -2.21. The highest BCUT2D eigenvalue weighted by atomic mass is 32.2. The molecule has 0 aromatic heterocycles. The number of rotatable bonds is 4. The average molecular weight is 268 g/mol. The van der Waals surface area contributed by atoms with Crippen molar-refractivity contribution in [2.45, 2.75) is 30.7 Å². The molecule has 18 heavy (non-hydrogen) atoms. The van der Waals surface area contributed by atoms with Gasteiger partial charge in [-0.05, 0) is 37.9 Å². The van der Waals surface area contributed by atoms with E-state index < -0.39 is 10.0 Å². The van der Waals surface area contributed by atoms with Gasteiger partial charge >= 0.3 is 0 Å². The van der Waals surface area contributed by atoms with Gasteiger partial charge in [0.05, 0.1) is 4.90 Å². The van der Waals surface area contributed by atoms with Crippen LogP contribution >= 0.6 is 0 Å². The van der Waals surface area contributed by atoms with Gasteiger partial charge in [-0.3, -0.25) is 0 Å². The third kappa shape index (κ3) is 2.74. The number of sulfonamides is 1. The molecule has 1 aromatic carbocycles. The molecule has 1 heterocycles. The third-order valence-electron chi connectivity index (χ3n) is 3.42. The van der Waals surface area contributed by atoms with Crippen LogP contribution in [0.5, 0.6) is 0 Å². The van der Waals surface area contributed by atoms with E-state index >= 15 is 0 Å². The van der Waals surface area contributed by atoms with Gasteiger partial charge in [0.25, 0.3) is 0 Å². The SMILES string of the molecule is Cc1ccccc1S(=O)(=O)N(C)CC1CCCN1. The summed E-state index contributed by atoms with van der Waals surface area (Å²) in [6.07, 6.45) is 2.18. The van der Waals surface area contributed by atoms with E-state index in [1.165, 1.54) is 4.31 Å². The van der Waals surface area contributed by atoms with Crippen LogP contribution in [0, 0.1) is 6.92 Å². The Morgan fingerprint density at radius 1 is 1.39 bits per heavy atom. The third-order valence-corrected chi connectivity index (χ3v) is 5.41. The van der Waals surface area contributed by atoms with E-state index in [1.54, 1.807) is 19.2 Å². The van der Waals surface area contributed by atoms with Gasteiger partial charge in [0, 0.05) is 19.6 Å². The minimum absolute atomic E-state index is 0.286. The lowest BCUT2D eigenvalue weighted by Crippen LogP contribution is -2.38. The van der Waals surface area contributed by atoms with Crippen molar-refractivity contribution in [3.63, 3.8) is 0 Å². The predicted molar refractivity (Wildman–Crippen MR) is 72.0 cm³/mol. The maximum atomic E-state index is 12.4. The van der Waals surface area contributed by atoms with Crippen LogP contribution in [0.1, 0.15) is 18.4 Å². The molecule has 4 nitrogen and oxygen atoms in total. The minimum atomic E-state index is -3.36. The fourth-order valence-corrected chi connectivity index (χ4v) is 3.77. The van der Waals surface area contributed by atoms with Crippen LogP contribution in [0.3, 0.4) is 0 Å². The largest absolute Gasteiger partial charge is 0.313 e. The van der Waals surface area contributed by atoms with E-state index in [1.807, 2.05) is 19.1 Å². The van der Waals surface area contributed by atoms with Gasteiger partial charge in [-0.2, -0.15) is 4.31 Å². The summed E-state index contributed by atoms with van der Waals surface area (Å²) in [4.78, 5) is 0.408. The molecule has 1 fully saturated rings. The van der Waals surface area contributed by atoms with Crippen molar-refractivity contribution < 1.29 is 8.42 Å². The Balaban J connectivity index is 2.17. The van der Waals surface area contributed by atoms with E-state index in [2.05, 4.69) is 5.32 Å². The summed E-state index contributed by atoms with van der Waals surface area (Å²) in [5.41, 5.74) is 0.795. The molecule has 5 heteroatoms. The second-order valence-corrected chi connectivity index (χ2v) is 6.86. The highest BCUT2D eigenvalue weighted by Gasteiger charge is 2.26. The predicted octanol–water partition coefficient (Wildman–Crippen LogP) is 1.37. The first-order chi connectivity index (χ1) is 8.51. The fraction of sp³-hybridized carbons (Fsp3) is 0.538. The van der Waals surface area contributed by atoms with E-state index in [0.29, 0.717) is 11.4 Å². The maximum Gasteiger partial charge on any atom is 0.243 e. The molecule has 0 aliphatic carbocycles. The van der Waals surface area contributed by atoms with Crippen LogP contribution in [-0.2, 0) is 10.0 Å². The number of hydrogen-bond donors (Lipinski definition) is 1. The number of likely N-dealkylation sites (N-methyl/N-ethyl adjacent to an activating group) is 1. The Labute approximate surface area is 109 Å². The van der Waals surface area contributed by atoms with Gasteiger partial charge in [-0.1, -0.05) is 18.2 Å². The van der Waals surface area contributed by atoms with Gasteiger partial charge in [-0.25, -0.2) is 8.42 Å². The monoisotopic (exact) mass is 268 g/mol. The molecule has 2 rings (SSSR count). The van der Waals surface area contributed by atoms with Crippen LogP contribution in [0.4, 0.5) is 0 Å². The smallest absolute Gasteiger partial charge is 0.243 e. The molecule has 1 saturated heterocycles. The van der Waals surface area contributed by atoms with Crippen LogP contribution in [-0.4, -0.2) is 38.9 Å². The quantitative estimate of drug-likeness (QED) is 0.897. The normalized spacial score (nSPS) is 20.5. The molecule has 1 aromatic rings. The number of nitrogens with zero attached hydrogens (tertiary/aromatic N) is 1. The van der Waals surface area contributed by atoms with Crippen molar-refractivity contribution in [2.75, 3.05) is 20.1 Å². The second-order valence-electron chi connectivity index (χ2n) is 4.84. The molecule has 0 radical (unpaired) electrons. The van der Waals surface area contributed by atoms with Crippen molar-refractivity contribution in [1.29, 1.82) is 0 Å². The van der Waals surface area contributed by atoms with Crippen LogP contribution in [0.25, 0.3) is 0 Å². The summed E-state index contributed by atoms with van der Waals surface area (Å²) < 4.78 is 26.3. The van der Waals surface area contributed by atoms with Crippen molar-refractivity contribution >= 4 is 10.0 Å². The van der Waals surface area contributed by atoms with Gasteiger partial charge in [-0.15, -0.1) is 0 Å². The Morgan fingerprint density at radius 3 is 2.72 bits per heavy atom. The summed E-state index contributed by atoms with van der Waals surface area (Å²) in [5, 5.41) is 3.32. The average Bonchev–Trinajstić information content (AvgIpc) is 2.82. The summed E-state index contributed by atoms with van der Waals surface area (Å²) in [5.74, 6) is 0. The van der Waals surface area contributed by atoms with Gasteiger partial charge in [0.2, 0.25) is 10.0 Å². The Kier molecular flexibility index (Phi) is 4.04. The molecule has 1 atom stereocenters. The number of benzene rings is 1. The summed E-state index contributed by atoms with van der Waals surface area (Å²) in [6, 6.07) is 7.40. The zero-order valence-corrected chi connectivity index (χ0v) is 11.7. The first kappa shape index (κ1) is 13.5. The van der Waals surface area contributed by atoms with Crippen LogP contribution in [0.15, 0.2) is 29.2 Å². The number of hydrogen-bond acceptors (Lipinski definition) is 3. The molecule has 0 spiro atoms. The topological polar surface area (TPSA) is 49.4 Å². The van der Waals surface area contributed by atoms with Crippen LogP contribution in [0.2, 0.25) is 0 Å². The van der Waals surface area contributed by atoms with Gasteiger partial charge in [0.1, 0.15) is 0 Å². The molecular formula is C13H20N2O2S. The van der Waals surface area contributed by atoms with E-state index in [9.17, 15) is 8.42 Å². The molecule has 1 aliphatic heterocycles. The summed E-state index contributed by atoms with van der Waals surface area (Å²) in [7, 11) is -1.71. The van der Waals surface area contributed by atoms with E-state index in [0.717, 1.165) is 24.9 Å². The maximum absolute atomic E-state index is 12.4. The van der Waals surface area contributed by atoms with Gasteiger partial charge < -0.3 is 5.32 Å². The highest BCUT2D eigenvalue weighted by Crippen LogP contribution is 2.19. The molecule has 1 unspecified atom stereocenters. The lowest BCUT2D eigenvalue weighted by molar-refractivity contribution is 0.417. The molecule has 1 N–H and O–H groups in total. The summed E-state index contributed by atoms with van der Waals surface area (Å²) >= 11 is 0. The molecule has 0 amide bonds. The van der Waals surface area contributed by atoms with Crippen LogP contribution < -0.4 is 5.32 Å². The lowest BCUT2D eigenvalue weighted by atomic mass is 10.2. The number of aryl methyl sites for hydroxylation is 1. The minimum Gasteiger partial charge on any atom is -0.313 e. The molecule has 100 valence electrons. The molecule has 0 saturated carbocycles. The Morgan fingerprint density at radius 2 is 2.11 bits per heavy atom. The second kappa shape index (κ2) is 5.38. The molecule has 0 bridgehead atoms. The van der Waals surface area contributed by atoms with E-state index in [-0.39, 0.29) is 6.04 Å². The Hall–Kier alpha value is -0.910. The van der Waals surface area contributed by atoms with Crippen molar-refractivity contribution in [3.05, 3.63) is 29.8 Å². The molecule has 1 aliphatic rings. The Bertz CT molecular complexity index is 507. The zero-order chi connectivity index (χ0) is 13.2. The highest BCUT2D eigenvalue weighted by molar-refractivity contribution is 7.89. The van der Waals surface area contributed by atoms with E-state index in [4.69, 9.17) is 0 Å². The van der Waals surface area contributed by atoms with Crippen molar-refractivity contribution in [1.82, 2.24) is 9.62 Å². The first-order valence-electron chi connectivity index (χ1n) is 6.27. The standard InChI is InChI=1S/C13H20N2O2S/c1-11-6-3-4-8-13(11)18(16,17)15(2)10-12-7-5-9-14-12/h3-4,6,8,12,14H,5,7,9-10H2,1-2H3. The van der Waals surface area contributed by atoms with Gasteiger partial charge in [0.15, 0.2) is 0 Å². The fourth-order valence-electron chi connectivity index (χ4n) is 2.33. The molecular weight excluding hydrogens is 248 g/mol. The summed E-state index contributed by atoms with van der Waals surface area (Å²) in [6.45, 7) is 3.36.